The quantitative estimate of drug-likeness (QED) is 0.684. The Balaban J connectivity index is 2.07. The van der Waals surface area contributed by atoms with E-state index in [1.165, 1.54) is 6.07 Å². The molecular formula is C16H15BNO6-. The van der Waals surface area contributed by atoms with E-state index in [0.29, 0.717) is 5.75 Å². The number of para-hydroxylation sites is 1. The minimum absolute atomic E-state index is 0.00137. The lowest BCUT2D eigenvalue weighted by Crippen LogP contribution is -2.35. The van der Waals surface area contributed by atoms with Crippen LogP contribution < -0.4 is 14.1 Å². The normalized spacial score (nSPS) is 12.7. The van der Waals surface area contributed by atoms with Crippen molar-refractivity contribution in [3.63, 3.8) is 0 Å². The first-order valence-electron chi connectivity index (χ1n) is 7.46. The zero-order chi connectivity index (χ0) is 17.1. The van der Waals surface area contributed by atoms with Crippen LogP contribution in [0.25, 0.3) is 0 Å². The molecule has 0 spiro atoms. The Hall–Kier alpha value is -2.71. The highest BCUT2D eigenvalue weighted by molar-refractivity contribution is 6.44. The molecular weight excluding hydrogens is 313 g/mol. The molecule has 24 heavy (non-hydrogen) atoms. The molecule has 0 radical (unpaired) electrons. The molecule has 3 rings (SSSR count). The van der Waals surface area contributed by atoms with Crippen LogP contribution in [0.4, 0.5) is 0 Å². The Morgan fingerprint density at radius 1 is 1.33 bits per heavy atom. The number of benzene rings is 2. The predicted octanol–water partition coefficient (Wildman–Crippen LogP) is 2.23. The number of carbonyl (C=O) groups is 1. The van der Waals surface area contributed by atoms with Crippen LogP contribution in [0, 0.1) is 5.21 Å². The number of hydrogen-bond donors (Lipinski definition) is 1. The van der Waals surface area contributed by atoms with Crippen molar-refractivity contribution in [3.05, 3.63) is 53.2 Å². The van der Waals surface area contributed by atoms with Gasteiger partial charge in [0.05, 0.1) is 0 Å². The summed E-state index contributed by atoms with van der Waals surface area (Å²) in [5.41, 5.74) is -0.0769. The SMILES string of the molecule is CCN([O-])C(=O)c1c(Oc2ccccc2)ccc2c1OB(O)CO2. The van der Waals surface area contributed by atoms with Gasteiger partial charge in [-0.15, -0.1) is 0 Å². The minimum atomic E-state index is -1.22. The Kier molecular flexibility index (Phi) is 4.59. The molecule has 0 bridgehead atoms. The van der Waals surface area contributed by atoms with Crippen LogP contribution in [0.3, 0.4) is 0 Å². The molecule has 0 atom stereocenters. The van der Waals surface area contributed by atoms with Crippen molar-refractivity contribution < 1.29 is 23.9 Å². The summed E-state index contributed by atoms with van der Waals surface area (Å²) < 4.78 is 16.4. The van der Waals surface area contributed by atoms with Crippen molar-refractivity contribution in [2.45, 2.75) is 6.92 Å². The zero-order valence-corrected chi connectivity index (χ0v) is 13.0. The summed E-state index contributed by atoms with van der Waals surface area (Å²) in [6.07, 6.45) is 0. The summed E-state index contributed by atoms with van der Waals surface area (Å²) in [5, 5.41) is 21.8. The lowest BCUT2D eigenvalue weighted by molar-refractivity contribution is 0.0822. The largest absolute Gasteiger partial charge is 0.756 e. The molecule has 1 aliphatic heterocycles. The van der Waals surface area contributed by atoms with Gasteiger partial charge in [0.25, 0.3) is 5.91 Å². The second-order valence-electron chi connectivity index (χ2n) is 5.06. The Bertz CT molecular complexity index is 739. The van der Waals surface area contributed by atoms with Gasteiger partial charge in [-0.25, -0.2) is 0 Å². The van der Waals surface area contributed by atoms with Crippen molar-refractivity contribution in [1.82, 2.24) is 5.06 Å². The summed E-state index contributed by atoms with van der Waals surface area (Å²) in [7, 11) is -1.22. The van der Waals surface area contributed by atoms with Gasteiger partial charge in [0.2, 0.25) is 0 Å². The van der Waals surface area contributed by atoms with Crippen LogP contribution in [0.15, 0.2) is 42.5 Å². The van der Waals surface area contributed by atoms with E-state index in [0.717, 1.165) is 0 Å². The molecule has 0 aliphatic carbocycles. The number of fused-ring (bicyclic) bond motifs is 1. The number of ether oxygens (including phenoxy) is 2. The van der Waals surface area contributed by atoms with E-state index in [1.807, 2.05) is 6.07 Å². The topological polar surface area (TPSA) is 91.3 Å². The van der Waals surface area contributed by atoms with Gasteiger partial charge in [0.1, 0.15) is 23.6 Å². The van der Waals surface area contributed by atoms with E-state index < -0.39 is 13.0 Å². The van der Waals surface area contributed by atoms with Crippen molar-refractivity contribution in [2.75, 3.05) is 13.1 Å². The highest BCUT2D eigenvalue weighted by Gasteiger charge is 2.32. The fourth-order valence-electron chi connectivity index (χ4n) is 2.28. The van der Waals surface area contributed by atoms with Crippen LogP contribution in [-0.2, 0) is 0 Å². The Morgan fingerprint density at radius 2 is 2.08 bits per heavy atom. The standard InChI is InChI=1S/C16H15BNO6/c1-2-18(21)16(19)14-12(23-11-6-4-3-5-7-11)8-9-13-15(14)24-17(20)10-22-13/h3-9,20H,2,10H2,1H3/q-1. The maximum atomic E-state index is 12.5. The van der Waals surface area contributed by atoms with Crippen molar-refractivity contribution >= 4 is 13.0 Å². The summed E-state index contributed by atoms with van der Waals surface area (Å²) in [4.78, 5) is 12.5. The number of carbonyl (C=O) groups excluding carboxylic acids is 1. The maximum Gasteiger partial charge on any atom is 0.563 e. The zero-order valence-electron chi connectivity index (χ0n) is 13.0. The molecule has 1 amide bonds. The molecule has 1 heterocycles. The molecule has 0 saturated heterocycles. The summed E-state index contributed by atoms with van der Waals surface area (Å²) in [6, 6.07) is 11.9. The van der Waals surface area contributed by atoms with Gasteiger partial charge >= 0.3 is 7.12 Å². The molecule has 1 aliphatic rings. The third-order valence-electron chi connectivity index (χ3n) is 3.42. The number of rotatable bonds is 4. The van der Waals surface area contributed by atoms with Crippen LogP contribution in [0.2, 0.25) is 0 Å². The third kappa shape index (κ3) is 3.15. The minimum Gasteiger partial charge on any atom is -0.756 e. The van der Waals surface area contributed by atoms with E-state index in [4.69, 9.17) is 14.1 Å². The average Bonchev–Trinajstić information content (AvgIpc) is 2.61. The number of hydroxylamine groups is 2. The van der Waals surface area contributed by atoms with E-state index in [1.54, 1.807) is 37.3 Å². The number of amides is 1. The molecule has 0 aromatic heterocycles. The van der Waals surface area contributed by atoms with Crippen LogP contribution in [-0.4, -0.2) is 36.2 Å². The van der Waals surface area contributed by atoms with Crippen LogP contribution in [0.5, 0.6) is 23.0 Å². The van der Waals surface area contributed by atoms with E-state index >= 15 is 0 Å². The van der Waals surface area contributed by atoms with Gasteiger partial charge in [-0.05, 0) is 31.2 Å². The van der Waals surface area contributed by atoms with E-state index in [2.05, 4.69) is 0 Å². The lowest BCUT2D eigenvalue weighted by Gasteiger charge is -2.30. The molecule has 0 fully saturated rings. The molecule has 8 heteroatoms. The molecule has 2 aromatic carbocycles. The molecule has 2 aromatic rings. The van der Waals surface area contributed by atoms with E-state index in [9.17, 15) is 15.0 Å². The summed E-state index contributed by atoms with van der Waals surface area (Å²) in [6.45, 7) is 1.47. The number of hydrogen-bond acceptors (Lipinski definition) is 6. The Morgan fingerprint density at radius 3 is 2.79 bits per heavy atom. The van der Waals surface area contributed by atoms with Crippen molar-refractivity contribution in [1.29, 1.82) is 0 Å². The smallest absolute Gasteiger partial charge is 0.563 e. The summed E-state index contributed by atoms with van der Waals surface area (Å²) >= 11 is 0. The van der Waals surface area contributed by atoms with Crippen molar-refractivity contribution in [2.24, 2.45) is 0 Å². The third-order valence-corrected chi connectivity index (χ3v) is 3.42. The fourth-order valence-corrected chi connectivity index (χ4v) is 2.28. The van der Waals surface area contributed by atoms with Crippen LogP contribution in [0.1, 0.15) is 17.3 Å². The number of nitrogens with zero attached hydrogens (tertiary/aromatic N) is 1. The van der Waals surface area contributed by atoms with Crippen molar-refractivity contribution in [3.8, 4) is 23.0 Å². The van der Waals surface area contributed by atoms with Gasteiger partial charge in [-0.2, -0.15) is 0 Å². The first-order chi connectivity index (χ1) is 11.6. The van der Waals surface area contributed by atoms with E-state index in [-0.39, 0.29) is 40.9 Å². The van der Waals surface area contributed by atoms with Gasteiger partial charge in [0.15, 0.2) is 11.5 Å². The molecule has 0 unspecified atom stereocenters. The first kappa shape index (κ1) is 16.2. The summed E-state index contributed by atoms with van der Waals surface area (Å²) in [5.74, 6) is 0.0997. The highest BCUT2D eigenvalue weighted by Crippen LogP contribution is 2.41. The second kappa shape index (κ2) is 6.82. The fraction of sp³-hybridized carbons (Fsp3) is 0.188. The predicted molar refractivity (Wildman–Crippen MR) is 87.1 cm³/mol. The lowest BCUT2D eigenvalue weighted by atomic mass is 9.91. The molecule has 0 saturated carbocycles. The maximum absolute atomic E-state index is 12.5. The monoisotopic (exact) mass is 328 g/mol. The highest BCUT2D eigenvalue weighted by atomic mass is 16.6. The molecule has 124 valence electrons. The molecule has 7 nitrogen and oxygen atoms in total. The van der Waals surface area contributed by atoms with Gasteiger partial charge in [0, 0.05) is 6.54 Å². The van der Waals surface area contributed by atoms with Gasteiger partial charge in [-0.3, -0.25) is 4.79 Å². The van der Waals surface area contributed by atoms with Gasteiger partial charge in [-0.1, -0.05) is 18.2 Å². The first-order valence-corrected chi connectivity index (χ1v) is 7.46. The molecule has 1 N–H and O–H groups in total. The second-order valence-corrected chi connectivity index (χ2v) is 5.06. The van der Waals surface area contributed by atoms with Gasteiger partial charge < -0.3 is 29.4 Å². The Labute approximate surface area is 139 Å². The average molecular weight is 328 g/mol. The van der Waals surface area contributed by atoms with Crippen LogP contribution >= 0.6 is 0 Å².